The van der Waals surface area contributed by atoms with Gasteiger partial charge in [0.2, 0.25) is 0 Å². The molecule has 0 aliphatic heterocycles. The molecule has 0 fully saturated rings. The van der Waals surface area contributed by atoms with Crippen molar-refractivity contribution in [3.05, 3.63) is 23.5 Å². The molecule has 0 amide bonds. The molecule has 1 rings (SSSR count). The van der Waals surface area contributed by atoms with Gasteiger partial charge in [-0.05, 0) is 7.05 Å². The lowest BCUT2D eigenvalue weighted by molar-refractivity contribution is 0.169. The molecular formula is C10H14FNO3. The molecule has 15 heavy (non-hydrogen) atoms. The van der Waals surface area contributed by atoms with Crippen LogP contribution >= 0.6 is 0 Å². The molecule has 0 aromatic heterocycles. The minimum atomic E-state index is -0.939. The number of phenolic OH excluding ortho intramolecular Hbond substituents is 1. The van der Waals surface area contributed by atoms with Gasteiger partial charge in [-0.15, -0.1) is 0 Å². The van der Waals surface area contributed by atoms with Crippen LogP contribution in [-0.2, 0) is 0 Å². The normalized spacial score (nSPS) is 12.5. The van der Waals surface area contributed by atoms with E-state index in [0.717, 1.165) is 12.1 Å². The van der Waals surface area contributed by atoms with Crippen LogP contribution in [0.2, 0.25) is 0 Å². The SMILES string of the molecule is CNCC(O)c1c(O)cc(F)cc1OC. The van der Waals surface area contributed by atoms with Crippen LogP contribution in [-0.4, -0.2) is 30.9 Å². The third-order valence-electron chi connectivity index (χ3n) is 2.04. The van der Waals surface area contributed by atoms with Crippen molar-refractivity contribution >= 4 is 0 Å². The molecule has 0 radical (unpaired) electrons. The predicted molar refractivity (Wildman–Crippen MR) is 53.5 cm³/mol. The van der Waals surface area contributed by atoms with Crippen molar-refractivity contribution in [1.29, 1.82) is 0 Å². The first kappa shape index (κ1) is 11.7. The Morgan fingerprint density at radius 2 is 2.20 bits per heavy atom. The van der Waals surface area contributed by atoms with Gasteiger partial charge in [-0.3, -0.25) is 0 Å². The monoisotopic (exact) mass is 215 g/mol. The molecule has 0 aliphatic rings. The number of aromatic hydroxyl groups is 1. The molecule has 1 aromatic rings. The summed E-state index contributed by atoms with van der Waals surface area (Å²) in [5, 5.41) is 21.9. The van der Waals surface area contributed by atoms with Gasteiger partial charge in [-0.1, -0.05) is 0 Å². The average molecular weight is 215 g/mol. The van der Waals surface area contributed by atoms with E-state index in [0.29, 0.717) is 0 Å². The Kier molecular flexibility index (Phi) is 3.88. The van der Waals surface area contributed by atoms with Crippen LogP contribution in [0.25, 0.3) is 0 Å². The van der Waals surface area contributed by atoms with E-state index in [1.807, 2.05) is 0 Å². The van der Waals surface area contributed by atoms with Crippen molar-refractivity contribution in [3.8, 4) is 11.5 Å². The standard InChI is InChI=1S/C10H14FNO3/c1-12-5-8(14)10-7(13)3-6(11)4-9(10)15-2/h3-4,8,12-14H,5H2,1-2H3. The molecule has 0 aliphatic carbocycles. The molecule has 1 atom stereocenters. The van der Waals surface area contributed by atoms with Crippen molar-refractivity contribution in [2.75, 3.05) is 20.7 Å². The molecule has 84 valence electrons. The number of benzene rings is 1. The Morgan fingerprint density at radius 1 is 1.53 bits per heavy atom. The largest absolute Gasteiger partial charge is 0.507 e. The highest BCUT2D eigenvalue weighted by Gasteiger charge is 2.18. The van der Waals surface area contributed by atoms with Gasteiger partial charge in [0, 0.05) is 18.7 Å². The summed E-state index contributed by atoms with van der Waals surface area (Å²) in [4.78, 5) is 0. The number of hydrogen-bond acceptors (Lipinski definition) is 4. The first-order valence-corrected chi connectivity index (χ1v) is 4.49. The number of phenols is 1. The van der Waals surface area contributed by atoms with Crippen LogP contribution in [0.5, 0.6) is 11.5 Å². The summed E-state index contributed by atoms with van der Waals surface area (Å²) in [5.41, 5.74) is 0.188. The zero-order valence-corrected chi connectivity index (χ0v) is 8.62. The Hall–Kier alpha value is -1.33. The molecule has 0 saturated heterocycles. The molecule has 0 heterocycles. The summed E-state index contributed by atoms with van der Waals surface area (Å²) in [7, 11) is 3.01. The maximum absolute atomic E-state index is 12.9. The highest BCUT2D eigenvalue weighted by atomic mass is 19.1. The van der Waals surface area contributed by atoms with Crippen LogP contribution in [0.15, 0.2) is 12.1 Å². The molecule has 0 saturated carbocycles. The van der Waals surface area contributed by atoms with E-state index in [9.17, 15) is 14.6 Å². The predicted octanol–water partition coefficient (Wildman–Crippen LogP) is 0.793. The third kappa shape index (κ3) is 2.57. The Labute approximate surface area is 87.3 Å². The van der Waals surface area contributed by atoms with E-state index in [4.69, 9.17) is 4.74 Å². The number of ether oxygens (including phenoxy) is 1. The number of methoxy groups -OCH3 is 1. The van der Waals surface area contributed by atoms with Crippen molar-refractivity contribution in [1.82, 2.24) is 5.32 Å². The van der Waals surface area contributed by atoms with Gasteiger partial charge in [0.1, 0.15) is 17.3 Å². The van der Waals surface area contributed by atoms with Gasteiger partial charge in [0.25, 0.3) is 0 Å². The fourth-order valence-corrected chi connectivity index (χ4v) is 1.38. The maximum atomic E-state index is 12.9. The molecule has 5 heteroatoms. The number of hydrogen-bond donors (Lipinski definition) is 3. The van der Waals surface area contributed by atoms with Gasteiger partial charge in [-0.25, -0.2) is 4.39 Å². The lowest BCUT2D eigenvalue weighted by Crippen LogP contribution is -2.17. The van der Waals surface area contributed by atoms with Gasteiger partial charge < -0.3 is 20.3 Å². The van der Waals surface area contributed by atoms with Gasteiger partial charge in [-0.2, -0.15) is 0 Å². The second-order valence-electron chi connectivity index (χ2n) is 3.11. The molecular weight excluding hydrogens is 201 g/mol. The van der Waals surface area contributed by atoms with E-state index in [1.165, 1.54) is 7.11 Å². The maximum Gasteiger partial charge on any atom is 0.131 e. The summed E-state index contributed by atoms with van der Waals surface area (Å²) >= 11 is 0. The first-order valence-electron chi connectivity index (χ1n) is 4.49. The number of likely N-dealkylation sites (N-methyl/N-ethyl adjacent to an activating group) is 1. The molecule has 3 N–H and O–H groups in total. The van der Waals surface area contributed by atoms with Crippen molar-refractivity contribution in [3.63, 3.8) is 0 Å². The smallest absolute Gasteiger partial charge is 0.131 e. The number of aliphatic hydroxyl groups is 1. The topological polar surface area (TPSA) is 61.7 Å². The summed E-state index contributed by atoms with van der Waals surface area (Å²) < 4.78 is 17.8. The number of rotatable bonds is 4. The molecule has 4 nitrogen and oxygen atoms in total. The van der Waals surface area contributed by atoms with E-state index < -0.39 is 11.9 Å². The van der Waals surface area contributed by atoms with E-state index in [-0.39, 0.29) is 23.6 Å². The van der Waals surface area contributed by atoms with E-state index in [1.54, 1.807) is 7.05 Å². The fraction of sp³-hybridized carbons (Fsp3) is 0.400. The summed E-state index contributed by atoms with van der Waals surface area (Å²) in [6.45, 7) is 0.246. The first-order chi connectivity index (χ1) is 7.10. The van der Waals surface area contributed by atoms with Gasteiger partial charge >= 0.3 is 0 Å². The van der Waals surface area contributed by atoms with Crippen molar-refractivity contribution in [2.24, 2.45) is 0 Å². The lowest BCUT2D eigenvalue weighted by atomic mass is 10.1. The van der Waals surface area contributed by atoms with Crippen molar-refractivity contribution in [2.45, 2.75) is 6.10 Å². The minimum Gasteiger partial charge on any atom is -0.507 e. The summed E-state index contributed by atoms with van der Waals surface area (Å²) in [5.74, 6) is -0.783. The summed E-state index contributed by atoms with van der Waals surface area (Å²) in [6, 6.07) is 2.06. The second kappa shape index (κ2) is 4.95. The van der Waals surface area contributed by atoms with Crippen LogP contribution in [0.1, 0.15) is 11.7 Å². The second-order valence-corrected chi connectivity index (χ2v) is 3.11. The Morgan fingerprint density at radius 3 is 2.73 bits per heavy atom. The zero-order valence-electron chi connectivity index (χ0n) is 8.62. The Bertz CT molecular complexity index is 344. The average Bonchev–Trinajstić information content (AvgIpc) is 2.16. The van der Waals surface area contributed by atoms with Crippen LogP contribution in [0, 0.1) is 5.82 Å². The fourth-order valence-electron chi connectivity index (χ4n) is 1.38. The van der Waals surface area contributed by atoms with E-state index >= 15 is 0 Å². The van der Waals surface area contributed by atoms with Gasteiger partial charge in [0.15, 0.2) is 0 Å². The molecule has 0 bridgehead atoms. The van der Waals surface area contributed by atoms with E-state index in [2.05, 4.69) is 5.32 Å². The highest BCUT2D eigenvalue weighted by Crippen LogP contribution is 2.34. The van der Waals surface area contributed by atoms with Gasteiger partial charge in [0.05, 0.1) is 18.8 Å². The van der Waals surface area contributed by atoms with Crippen LogP contribution < -0.4 is 10.1 Å². The minimum absolute atomic E-state index is 0.134. The third-order valence-corrected chi connectivity index (χ3v) is 2.04. The lowest BCUT2D eigenvalue weighted by Gasteiger charge is -2.15. The summed E-state index contributed by atoms with van der Waals surface area (Å²) in [6.07, 6.45) is -0.939. The molecule has 1 aromatic carbocycles. The van der Waals surface area contributed by atoms with Crippen LogP contribution in [0.3, 0.4) is 0 Å². The quantitative estimate of drug-likeness (QED) is 0.695. The highest BCUT2D eigenvalue weighted by molar-refractivity contribution is 5.46. The van der Waals surface area contributed by atoms with Crippen molar-refractivity contribution < 1.29 is 19.3 Å². The molecule has 1 unspecified atom stereocenters. The number of aliphatic hydroxyl groups excluding tert-OH is 1. The zero-order chi connectivity index (χ0) is 11.4. The number of halogens is 1. The molecule has 0 spiro atoms. The van der Waals surface area contributed by atoms with Crippen LogP contribution in [0.4, 0.5) is 4.39 Å². The Balaban J connectivity index is 3.14. The number of nitrogens with one attached hydrogen (secondary N) is 1.